The topological polar surface area (TPSA) is 75.3 Å². The van der Waals surface area contributed by atoms with E-state index in [1.807, 2.05) is 17.8 Å². The number of aryl methyl sites for hydroxylation is 1. The van der Waals surface area contributed by atoms with E-state index in [4.69, 9.17) is 0 Å². The number of thioether (sulfide) groups is 1. The summed E-state index contributed by atoms with van der Waals surface area (Å²) < 4.78 is 26.7. The number of amides is 1. The second-order valence-corrected chi connectivity index (χ2v) is 10.6. The minimum absolute atomic E-state index is 0.0394. The van der Waals surface area contributed by atoms with Gasteiger partial charge in [-0.15, -0.1) is 11.8 Å². The molecule has 25 heavy (non-hydrogen) atoms. The van der Waals surface area contributed by atoms with Crippen LogP contribution in [0.25, 0.3) is 0 Å². The zero-order chi connectivity index (χ0) is 18.0. The Labute approximate surface area is 154 Å². The summed E-state index contributed by atoms with van der Waals surface area (Å²) in [6.45, 7) is 3.35. The molecule has 138 valence electrons. The number of rotatable bonds is 5. The van der Waals surface area contributed by atoms with Crippen LogP contribution in [0.5, 0.6) is 0 Å². The summed E-state index contributed by atoms with van der Waals surface area (Å²) in [5.41, 5.74) is 2.18. The molecule has 0 spiro atoms. The van der Waals surface area contributed by atoms with Crippen LogP contribution in [0.2, 0.25) is 0 Å². The maximum Gasteiger partial charge on any atom is 0.227 e. The molecular formula is C18H26N2O3S2. The van der Waals surface area contributed by atoms with E-state index in [1.165, 1.54) is 10.5 Å². The molecule has 5 nitrogen and oxygen atoms in total. The largest absolute Gasteiger partial charge is 0.326 e. The van der Waals surface area contributed by atoms with Gasteiger partial charge in [-0.1, -0.05) is 0 Å². The van der Waals surface area contributed by atoms with Crippen LogP contribution in [0.4, 0.5) is 5.69 Å². The van der Waals surface area contributed by atoms with Crippen molar-refractivity contribution in [3.8, 4) is 0 Å². The molecule has 0 unspecified atom stereocenters. The summed E-state index contributed by atoms with van der Waals surface area (Å²) in [7, 11) is -3.24. The van der Waals surface area contributed by atoms with Crippen LogP contribution in [0.1, 0.15) is 45.1 Å². The van der Waals surface area contributed by atoms with E-state index in [9.17, 15) is 13.2 Å². The lowest BCUT2D eigenvalue weighted by Gasteiger charge is -2.28. The first kappa shape index (κ1) is 18.7. The highest BCUT2D eigenvalue weighted by atomic mass is 32.2. The number of carbonyl (C=O) groups is 1. The second kappa shape index (κ2) is 7.68. The summed E-state index contributed by atoms with van der Waals surface area (Å²) in [6, 6.07) is 6.08. The van der Waals surface area contributed by atoms with Crippen LogP contribution < -0.4 is 10.0 Å². The van der Waals surface area contributed by atoms with Gasteiger partial charge in [0, 0.05) is 28.3 Å². The second-order valence-electron chi connectivity index (χ2n) is 7.17. The van der Waals surface area contributed by atoms with E-state index in [0.717, 1.165) is 30.7 Å². The predicted octanol–water partition coefficient (Wildman–Crippen LogP) is 3.16. The van der Waals surface area contributed by atoms with E-state index in [-0.39, 0.29) is 17.9 Å². The zero-order valence-corrected chi connectivity index (χ0v) is 16.4. The Morgan fingerprint density at radius 1 is 1.20 bits per heavy atom. The zero-order valence-electron chi connectivity index (χ0n) is 14.7. The summed E-state index contributed by atoms with van der Waals surface area (Å²) >= 11 is 1.86. The van der Waals surface area contributed by atoms with Gasteiger partial charge in [0.05, 0.1) is 5.25 Å². The monoisotopic (exact) mass is 382 g/mol. The number of nitrogens with one attached hydrogen (secondary N) is 2. The van der Waals surface area contributed by atoms with Gasteiger partial charge in [-0.05, 0) is 69.7 Å². The molecule has 3 rings (SSSR count). The van der Waals surface area contributed by atoms with Crippen LogP contribution >= 0.6 is 11.8 Å². The molecule has 1 heterocycles. The van der Waals surface area contributed by atoms with Crippen molar-refractivity contribution in [2.75, 3.05) is 11.1 Å². The minimum Gasteiger partial charge on any atom is -0.326 e. The van der Waals surface area contributed by atoms with Crippen LogP contribution in [0.15, 0.2) is 23.1 Å². The van der Waals surface area contributed by atoms with Gasteiger partial charge in [0.25, 0.3) is 0 Å². The Kier molecular flexibility index (Phi) is 5.75. The first-order valence-corrected chi connectivity index (χ1v) is 11.5. The van der Waals surface area contributed by atoms with Crippen molar-refractivity contribution in [2.45, 2.75) is 62.1 Å². The van der Waals surface area contributed by atoms with E-state index in [0.29, 0.717) is 12.8 Å². The molecule has 0 bridgehead atoms. The normalized spacial score (nSPS) is 23.5. The van der Waals surface area contributed by atoms with Crippen molar-refractivity contribution < 1.29 is 13.2 Å². The molecule has 0 radical (unpaired) electrons. The van der Waals surface area contributed by atoms with E-state index >= 15 is 0 Å². The fraction of sp³-hybridized carbons (Fsp3) is 0.611. The Morgan fingerprint density at radius 3 is 2.60 bits per heavy atom. The number of benzene rings is 1. The number of carbonyl (C=O) groups excluding carboxylic acids is 1. The third-order valence-corrected chi connectivity index (χ3v) is 8.03. The van der Waals surface area contributed by atoms with Crippen LogP contribution in [-0.2, 0) is 21.2 Å². The molecular weight excluding hydrogens is 356 g/mol. The number of anilines is 1. The molecule has 1 amide bonds. The molecule has 0 aromatic heterocycles. The lowest BCUT2D eigenvalue weighted by Crippen LogP contribution is -2.42. The first-order chi connectivity index (χ1) is 11.8. The molecule has 1 fully saturated rings. The third-order valence-electron chi connectivity index (χ3n) is 5.01. The average Bonchev–Trinajstić information content (AvgIpc) is 3.02. The van der Waals surface area contributed by atoms with Gasteiger partial charge in [-0.3, -0.25) is 4.79 Å². The van der Waals surface area contributed by atoms with Crippen molar-refractivity contribution >= 4 is 33.4 Å². The van der Waals surface area contributed by atoms with E-state index < -0.39 is 15.3 Å². The lowest BCUT2D eigenvalue weighted by molar-refractivity contribution is -0.120. The highest BCUT2D eigenvalue weighted by Gasteiger charge is 2.29. The molecule has 0 atom stereocenters. The number of hydrogen-bond acceptors (Lipinski definition) is 4. The Morgan fingerprint density at radius 2 is 1.92 bits per heavy atom. The molecule has 1 saturated carbocycles. The van der Waals surface area contributed by atoms with Gasteiger partial charge in [-0.25, -0.2) is 13.1 Å². The van der Waals surface area contributed by atoms with Gasteiger partial charge in [-0.2, -0.15) is 0 Å². The quantitative estimate of drug-likeness (QED) is 0.820. The molecule has 7 heteroatoms. The highest BCUT2D eigenvalue weighted by Crippen LogP contribution is 2.33. The summed E-state index contributed by atoms with van der Waals surface area (Å²) in [5.74, 6) is 1.13. The van der Waals surface area contributed by atoms with Crippen LogP contribution in [0, 0.1) is 5.92 Å². The van der Waals surface area contributed by atoms with Crippen LogP contribution in [-0.4, -0.2) is 31.4 Å². The molecule has 1 aliphatic heterocycles. The van der Waals surface area contributed by atoms with Crippen molar-refractivity contribution in [3.63, 3.8) is 0 Å². The van der Waals surface area contributed by atoms with Gasteiger partial charge < -0.3 is 5.32 Å². The lowest BCUT2D eigenvalue weighted by atomic mass is 9.86. The van der Waals surface area contributed by atoms with Crippen LogP contribution in [0.3, 0.4) is 0 Å². The maximum atomic E-state index is 12.5. The minimum atomic E-state index is -3.24. The van der Waals surface area contributed by atoms with Gasteiger partial charge >= 0.3 is 0 Å². The van der Waals surface area contributed by atoms with Crippen molar-refractivity contribution in [1.29, 1.82) is 0 Å². The molecule has 1 aromatic rings. The molecule has 2 aliphatic rings. The standard InChI is InChI=1S/C18H26N2O3S2/c1-12(2)25(22,23)20-15-5-3-13(4-6-15)18(21)19-16-7-8-17-14(11-16)9-10-24-17/h7-8,11-13,15,20H,3-6,9-10H2,1-2H3,(H,19,21). The fourth-order valence-electron chi connectivity index (χ4n) is 3.35. The van der Waals surface area contributed by atoms with Crippen molar-refractivity contribution in [3.05, 3.63) is 23.8 Å². The maximum absolute atomic E-state index is 12.5. The average molecular weight is 383 g/mol. The Bertz CT molecular complexity index is 739. The summed E-state index contributed by atoms with van der Waals surface area (Å²) in [6.07, 6.45) is 3.93. The van der Waals surface area contributed by atoms with E-state index in [2.05, 4.69) is 22.2 Å². The predicted molar refractivity (Wildman–Crippen MR) is 102 cm³/mol. The van der Waals surface area contributed by atoms with Gasteiger partial charge in [0.15, 0.2) is 0 Å². The number of fused-ring (bicyclic) bond motifs is 1. The Hall–Kier alpha value is -1.05. The SMILES string of the molecule is CC(C)S(=O)(=O)NC1CCC(C(=O)Nc2ccc3c(c2)CCS3)CC1. The van der Waals surface area contributed by atoms with Crippen molar-refractivity contribution in [2.24, 2.45) is 5.92 Å². The molecule has 1 aliphatic carbocycles. The molecule has 1 aromatic carbocycles. The number of sulfonamides is 1. The summed E-state index contributed by atoms with van der Waals surface area (Å²) in [4.78, 5) is 13.8. The highest BCUT2D eigenvalue weighted by molar-refractivity contribution is 7.99. The molecule has 2 N–H and O–H groups in total. The van der Waals surface area contributed by atoms with E-state index in [1.54, 1.807) is 13.8 Å². The first-order valence-electron chi connectivity index (χ1n) is 8.93. The smallest absolute Gasteiger partial charge is 0.227 e. The van der Waals surface area contributed by atoms with Gasteiger partial charge in [0.2, 0.25) is 15.9 Å². The van der Waals surface area contributed by atoms with Gasteiger partial charge in [0.1, 0.15) is 0 Å². The Balaban J connectivity index is 1.52. The van der Waals surface area contributed by atoms with Crippen molar-refractivity contribution in [1.82, 2.24) is 4.72 Å². The molecule has 0 saturated heterocycles. The number of hydrogen-bond donors (Lipinski definition) is 2. The fourth-order valence-corrected chi connectivity index (χ4v) is 5.38. The summed E-state index contributed by atoms with van der Waals surface area (Å²) in [5, 5.41) is 2.61. The third kappa shape index (κ3) is 4.57.